The van der Waals surface area contributed by atoms with Crippen LogP contribution in [0.1, 0.15) is 16.7 Å². The smallest absolute Gasteiger partial charge is 0.266 e. The van der Waals surface area contributed by atoms with Gasteiger partial charge in [0.1, 0.15) is 0 Å². The molecule has 0 bridgehead atoms. The van der Waals surface area contributed by atoms with E-state index in [1.807, 2.05) is 54.6 Å². The van der Waals surface area contributed by atoms with Crippen molar-refractivity contribution in [2.75, 3.05) is 6.54 Å². The molecule has 1 saturated heterocycles. The van der Waals surface area contributed by atoms with E-state index in [-0.39, 0.29) is 5.91 Å². The zero-order chi connectivity index (χ0) is 24.7. The third kappa shape index (κ3) is 6.17. The zero-order valence-corrected chi connectivity index (χ0v) is 21.6. The maximum Gasteiger partial charge on any atom is 0.266 e. The standard InChI is InChI=1S/C31H26N2OS2/c1-23-12-16-27(17-13-23)35-28-18-14-25(15-19-28)22-29-30(34)33(21-20-24-8-4-2-5-9-24)31(36-29)32-26-10-6-3-7-11-26/h2-19,22H,20-21H2,1H3/b29-22-,32-31?. The molecule has 0 unspecified atom stereocenters. The number of para-hydroxylation sites is 1. The van der Waals surface area contributed by atoms with Crippen molar-refractivity contribution in [2.24, 2.45) is 4.99 Å². The van der Waals surface area contributed by atoms with Gasteiger partial charge >= 0.3 is 0 Å². The highest BCUT2D eigenvalue weighted by Crippen LogP contribution is 2.35. The predicted molar refractivity (Wildman–Crippen MR) is 153 cm³/mol. The van der Waals surface area contributed by atoms with Gasteiger partial charge in [0.2, 0.25) is 0 Å². The van der Waals surface area contributed by atoms with Gasteiger partial charge in [-0.2, -0.15) is 0 Å². The SMILES string of the molecule is Cc1ccc(Sc2ccc(/C=C3\SC(=Nc4ccccc4)N(CCc4ccccc4)C3=O)cc2)cc1. The molecule has 0 atom stereocenters. The van der Waals surface area contributed by atoms with Gasteiger partial charge in [-0.1, -0.05) is 90.1 Å². The van der Waals surface area contributed by atoms with E-state index >= 15 is 0 Å². The molecule has 5 rings (SSSR count). The molecule has 178 valence electrons. The molecule has 0 spiro atoms. The van der Waals surface area contributed by atoms with Crippen LogP contribution in [-0.4, -0.2) is 22.5 Å². The van der Waals surface area contributed by atoms with E-state index in [2.05, 4.69) is 67.6 Å². The summed E-state index contributed by atoms with van der Waals surface area (Å²) in [5, 5.41) is 0.722. The number of aliphatic imine (C=N–C) groups is 1. The predicted octanol–water partition coefficient (Wildman–Crippen LogP) is 7.99. The van der Waals surface area contributed by atoms with Crippen LogP contribution < -0.4 is 0 Å². The summed E-state index contributed by atoms with van der Waals surface area (Å²) >= 11 is 3.18. The summed E-state index contributed by atoms with van der Waals surface area (Å²) in [6.07, 6.45) is 2.75. The Hall–Kier alpha value is -3.54. The van der Waals surface area contributed by atoms with Gasteiger partial charge in [0.05, 0.1) is 10.6 Å². The Balaban J connectivity index is 1.35. The Morgan fingerprint density at radius 3 is 2.08 bits per heavy atom. The number of nitrogens with zero attached hydrogens (tertiary/aromatic N) is 2. The van der Waals surface area contributed by atoms with Gasteiger partial charge < -0.3 is 0 Å². The Labute approximate surface area is 221 Å². The van der Waals surface area contributed by atoms with E-state index in [9.17, 15) is 4.79 Å². The average Bonchev–Trinajstić information content (AvgIpc) is 3.19. The minimum Gasteiger partial charge on any atom is -0.286 e. The van der Waals surface area contributed by atoms with Crippen molar-refractivity contribution in [3.8, 4) is 0 Å². The lowest BCUT2D eigenvalue weighted by atomic mass is 10.1. The third-order valence-corrected chi connectivity index (χ3v) is 7.79. The van der Waals surface area contributed by atoms with Crippen LogP contribution in [0.2, 0.25) is 0 Å². The third-order valence-electron chi connectivity index (χ3n) is 5.77. The molecule has 3 nitrogen and oxygen atoms in total. The fraction of sp³-hybridized carbons (Fsp3) is 0.0968. The molecule has 1 aliphatic heterocycles. The van der Waals surface area contributed by atoms with Crippen LogP contribution >= 0.6 is 23.5 Å². The van der Waals surface area contributed by atoms with Crippen LogP contribution in [0.25, 0.3) is 6.08 Å². The van der Waals surface area contributed by atoms with Crippen LogP contribution in [0.3, 0.4) is 0 Å². The summed E-state index contributed by atoms with van der Waals surface area (Å²) in [5.41, 5.74) is 4.31. The number of aryl methyl sites for hydroxylation is 1. The first-order valence-corrected chi connectivity index (χ1v) is 13.5. The van der Waals surface area contributed by atoms with E-state index in [1.54, 1.807) is 16.7 Å². The van der Waals surface area contributed by atoms with E-state index in [0.717, 1.165) is 22.8 Å². The van der Waals surface area contributed by atoms with Gasteiger partial charge in [0.15, 0.2) is 5.17 Å². The summed E-state index contributed by atoms with van der Waals surface area (Å²) in [4.78, 5) is 23.1. The average molecular weight is 507 g/mol. The van der Waals surface area contributed by atoms with Crippen molar-refractivity contribution < 1.29 is 4.79 Å². The molecule has 1 heterocycles. The summed E-state index contributed by atoms with van der Waals surface area (Å²) in [6, 6.07) is 36.9. The molecule has 0 saturated carbocycles. The monoisotopic (exact) mass is 506 g/mol. The minimum atomic E-state index is 0.00344. The number of hydrogen-bond donors (Lipinski definition) is 0. The number of carbonyl (C=O) groups is 1. The largest absolute Gasteiger partial charge is 0.286 e. The van der Waals surface area contributed by atoms with Crippen LogP contribution in [0, 0.1) is 6.92 Å². The second-order valence-corrected chi connectivity index (χ2v) is 10.7. The van der Waals surface area contributed by atoms with Gasteiger partial charge in [-0.25, -0.2) is 4.99 Å². The molecule has 0 aromatic heterocycles. The number of carbonyl (C=O) groups excluding carboxylic acids is 1. The van der Waals surface area contributed by atoms with Crippen LogP contribution in [0.5, 0.6) is 0 Å². The number of amidine groups is 1. The highest BCUT2D eigenvalue weighted by Gasteiger charge is 2.33. The van der Waals surface area contributed by atoms with Crippen LogP contribution in [-0.2, 0) is 11.2 Å². The number of amides is 1. The number of rotatable bonds is 7. The zero-order valence-electron chi connectivity index (χ0n) is 20.0. The first-order chi connectivity index (χ1) is 17.6. The molecule has 4 aromatic rings. The van der Waals surface area contributed by atoms with Crippen molar-refractivity contribution in [3.63, 3.8) is 0 Å². The molecule has 36 heavy (non-hydrogen) atoms. The van der Waals surface area contributed by atoms with Gasteiger partial charge in [0, 0.05) is 16.3 Å². The Bertz CT molecular complexity index is 1380. The molecular weight excluding hydrogens is 480 g/mol. The minimum absolute atomic E-state index is 0.00344. The lowest BCUT2D eigenvalue weighted by Crippen LogP contribution is -2.31. The Kier molecular flexibility index (Phi) is 7.70. The molecule has 0 N–H and O–H groups in total. The number of thioether (sulfide) groups is 1. The fourth-order valence-corrected chi connectivity index (χ4v) is 5.65. The van der Waals surface area contributed by atoms with Crippen molar-refractivity contribution in [2.45, 2.75) is 23.1 Å². The van der Waals surface area contributed by atoms with E-state index < -0.39 is 0 Å². The van der Waals surface area contributed by atoms with E-state index in [1.165, 1.54) is 32.7 Å². The van der Waals surface area contributed by atoms with E-state index in [4.69, 9.17) is 4.99 Å². The maximum atomic E-state index is 13.4. The van der Waals surface area contributed by atoms with Gasteiger partial charge in [-0.15, -0.1) is 0 Å². The van der Waals surface area contributed by atoms with Gasteiger partial charge in [-0.3, -0.25) is 9.69 Å². The Morgan fingerprint density at radius 2 is 1.42 bits per heavy atom. The summed E-state index contributed by atoms with van der Waals surface area (Å²) in [5.74, 6) is 0.00344. The normalized spacial score (nSPS) is 15.7. The fourth-order valence-electron chi connectivity index (χ4n) is 3.81. The van der Waals surface area contributed by atoms with Crippen molar-refractivity contribution in [1.82, 2.24) is 4.90 Å². The molecule has 4 aromatic carbocycles. The van der Waals surface area contributed by atoms with Crippen molar-refractivity contribution in [1.29, 1.82) is 0 Å². The van der Waals surface area contributed by atoms with Crippen LogP contribution in [0.4, 0.5) is 5.69 Å². The van der Waals surface area contributed by atoms with Crippen LogP contribution in [0.15, 0.2) is 129 Å². The lowest BCUT2D eigenvalue weighted by molar-refractivity contribution is -0.122. The summed E-state index contributed by atoms with van der Waals surface area (Å²) in [7, 11) is 0. The van der Waals surface area contributed by atoms with Gasteiger partial charge in [-0.05, 0) is 78.7 Å². The molecular formula is C31H26N2OS2. The molecule has 0 aliphatic carbocycles. The quantitative estimate of drug-likeness (QED) is 0.238. The maximum absolute atomic E-state index is 13.4. The highest BCUT2D eigenvalue weighted by atomic mass is 32.2. The topological polar surface area (TPSA) is 32.7 Å². The molecule has 1 fully saturated rings. The Morgan fingerprint density at radius 1 is 0.806 bits per heavy atom. The second kappa shape index (κ2) is 11.5. The molecule has 1 aliphatic rings. The molecule has 1 amide bonds. The van der Waals surface area contributed by atoms with Crippen molar-refractivity contribution >= 4 is 46.4 Å². The lowest BCUT2D eigenvalue weighted by Gasteiger charge is -2.15. The number of hydrogen-bond acceptors (Lipinski definition) is 4. The van der Waals surface area contributed by atoms with E-state index in [0.29, 0.717) is 11.4 Å². The summed E-state index contributed by atoms with van der Waals surface area (Å²) in [6.45, 7) is 2.68. The first-order valence-electron chi connectivity index (χ1n) is 11.9. The van der Waals surface area contributed by atoms with Gasteiger partial charge in [0.25, 0.3) is 5.91 Å². The van der Waals surface area contributed by atoms with Crippen molar-refractivity contribution in [3.05, 3.63) is 131 Å². The second-order valence-electron chi connectivity index (χ2n) is 8.52. The molecule has 0 radical (unpaired) electrons. The summed E-state index contributed by atoms with van der Waals surface area (Å²) < 4.78 is 0. The first kappa shape index (κ1) is 24.2. The number of benzene rings is 4. The highest BCUT2D eigenvalue weighted by molar-refractivity contribution is 8.18. The molecule has 5 heteroatoms.